The largest absolute Gasteiger partial charge is 0.325 e. The van der Waals surface area contributed by atoms with Gasteiger partial charge in [0, 0.05) is 16.8 Å². The molecule has 0 spiro atoms. The quantitative estimate of drug-likeness (QED) is 0.416. The van der Waals surface area contributed by atoms with Gasteiger partial charge in [-0.05, 0) is 35.6 Å². The molecule has 0 aliphatic rings. The van der Waals surface area contributed by atoms with E-state index < -0.39 is 0 Å². The molecular formula is C20H18N4. The predicted octanol–water partition coefficient (Wildman–Crippen LogP) is 4.76. The third-order valence-corrected chi connectivity index (χ3v) is 3.80. The molecule has 0 heterocycles. The van der Waals surface area contributed by atoms with Crippen LogP contribution in [0.5, 0.6) is 0 Å². The van der Waals surface area contributed by atoms with E-state index in [1.165, 1.54) is 5.56 Å². The van der Waals surface area contributed by atoms with Crippen LogP contribution in [0.25, 0.3) is 10.8 Å². The van der Waals surface area contributed by atoms with Crippen molar-refractivity contribution in [2.24, 2.45) is 4.99 Å². The normalized spacial score (nSPS) is 11.1. The maximum absolute atomic E-state index is 8.99. The molecule has 0 amide bonds. The third-order valence-electron chi connectivity index (χ3n) is 3.80. The summed E-state index contributed by atoms with van der Waals surface area (Å²) >= 11 is 0. The number of anilines is 2. The fourth-order valence-corrected chi connectivity index (χ4v) is 2.60. The lowest BCUT2D eigenvalue weighted by molar-refractivity contribution is 1.14. The lowest BCUT2D eigenvalue weighted by Crippen LogP contribution is -2.22. The predicted molar refractivity (Wildman–Crippen MR) is 100 cm³/mol. The molecule has 3 aromatic rings. The number of nitrogens with zero attached hydrogens (tertiary/aromatic N) is 2. The number of aliphatic imine (C=N–C) groups is 1. The van der Waals surface area contributed by atoms with Gasteiger partial charge >= 0.3 is 0 Å². The topological polar surface area (TPSA) is 60.2 Å². The second-order valence-electron chi connectivity index (χ2n) is 5.39. The Morgan fingerprint density at radius 1 is 1.00 bits per heavy atom. The van der Waals surface area contributed by atoms with E-state index in [2.05, 4.69) is 46.8 Å². The Morgan fingerprint density at radius 2 is 1.79 bits per heavy atom. The van der Waals surface area contributed by atoms with Crippen molar-refractivity contribution >= 4 is 28.1 Å². The molecule has 0 saturated carbocycles. The maximum Gasteiger partial charge on any atom is 0.216 e. The number of nitrogens with one attached hydrogen (secondary N) is 2. The number of guanidine groups is 1. The van der Waals surface area contributed by atoms with E-state index in [-0.39, 0.29) is 0 Å². The number of hydrogen-bond donors (Lipinski definition) is 2. The summed E-state index contributed by atoms with van der Waals surface area (Å²) in [4.78, 5) is 3.88. The average molecular weight is 314 g/mol. The number of aryl methyl sites for hydroxylation is 1. The van der Waals surface area contributed by atoms with Crippen molar-refractivity contribution in [3.05, 3.63) is 72.3 Å². The number of nitriles is 1. The number of hydrogen-bond acceptors (Lipinski definition) is 2. The van der Waals surface area contributed by atoms with Gasteiger partial charge in [0.1, 0.15) is 0 Å². The Balaban J connectivity index is 1.89. The number of benzene rings is 3. The first-order chi connectivity index (χ1) is 11.8. The van der Waals surface area contributed by atoms with Crippen molar-refractivity contribution in [3.63, 3.8) is 0 Å². The van der Waals surface area contributed by atoms with Gasteiger partial charge in [-0.25, -0.2) is 0 Å². The van der Waals surface area contributed by atoms with Gasteiger partial charge in [0.2, 0.25) is 12.2 Å². The minimum Gasteiger partial charge on any atom is -0.325 e. The molecule has 3 rings (SSSR count). The molecule has 3 aromatic carbocycles. The van der Waals surface area contributed by atoms with Crippen LogP contribution in [0, 0.1) is 11.5 Å². The van der Waals surface area contributed by atoms with Crippen LogP contribution in [-0.2, 0) is 6.42 Å². The van der Waals surface area contributed by atoms with E-state index in [1.807, 2.05) is 48.7 Å². The summed E-state index contributed by atoms with van der Waals surface area (Å²) in [6.07, 6.45) is 2.80. The monoisotopic (exact) mass is 314 g/mol. The SMILES string of the molecule is CCc1cccc(NC(=NC#N)Nc2cccc3ccccc23)c1. The molecule has 0 saturated heterocycles. The molecule has 0 aliphatic carbocycles. The molecule has 0 radical (unpaired) electrons. The summed E-state index contributed by atoms with van der Waals surface area (Å²) in [5.74, 6) is 0.405. The van der Waals surface area contributed by atoms with Crippen LogP contribution in [0.4, 0.5) is 11.4 Å². The van der Waals surface area contributed by atoms with Crippen LogP contribution in [0.15, 0.2) is 71.7 Å². The molecular weight excluding hydrogens is 296 g/mol. The van der Waals surface area contributed by atoms with Crippen molar-refractivity contribution in [1.29, 1.82) is 5.26 Å². The van der Waals surface area contributed by atoms with Crippen molar-refractivity contribution in [2.45, 2.75) is 13.3 Å². The molecule has 4 nitrogen and oxygen atoms in total. The minimum absolute atomic E-state index is 0.405. The van der Waals surface area contributed by atoms with Crippen LogP contribution in [0.2, 0.25) is 0 Å². The standard InChI is InChI=1S/C20H18N4/c1-2-15-7-5-10-17(13-15)23-20(22-14-21)24-19-12-6-9-16-8-3-4-11-18(16)19/h3-13H,2H2,1H3,(H2,22,23,24). The van der Waals surface area contributed by atoms with Crippen molar-refractivity contribution in [2.75, 3.05) is 10.6 Å². The minimum atomic E-state index is 0.405. The Hall–Kier alpha value is -3.32. The molecule has 2 N–H and O–H groups in total. The summed E-state index contributed by atoms with van der Waals surface area (Å²) in [6, 6.07) is 22.2. The number of rotatable bonds is 3. The first-order valence-electron chi connectivity index (χ1n) is 7.87. The second kappa shape index (κ2) is 7.30. The molecule has 0 unspecified atom stereocenters. The van der Waals surface area contributed by atoms with Gasteiger partial charge in [-0.1, -0.05) is 55.5 Å². The highest BCUT2D eigenvalue weighted by atomic mass is 15.2. The van der Waals surface area contributed by atoms with Crippen LogP contribution in [-0.4, -0.2) is 5.96 Å². The average Bonchev–Trinajstić information content (AvgIpc) is 2.62. The van der Waals surface area contributed by atoms with Gasteiger partial charge in [-0.15, -0.1) is 4.99 Å². The van der Waals surface area contributed by atoms with E-state index in [0.29, 0.717) is 5.96 Å². The summed E-state index contributed by atoms with van der Waals surface area (Å²) in [7, 11) is 0. The molecule has 0 fully saturated rings. The first-order valence-corrected chi connectivity index (χ1v) is 7.87. The molecule has 4 heteroatoms. The summed E-state index contributed by atoms with van der Waals surface area (Å²) in [6.45, 7) is 2.11. The smallest absolute Gasteiger partial charge is 0.216 e. The Bertz CT molecular complexity index is 917. The fourth-order valence-electron chi connectivity index (χ4n) is 2.60. The van der Waals surface area contributed by atoms with E-state index in [9.17, 15) is 0 Å². The lowest BCUT2D eigenvalue weighted by Gasteiger charge is -2.13. The highest BCUT2D eigenvalue weighted by Gasteiger charge is 2.05. The third kappa shape index (κ3) is 3.53. The Morgan fingerprint density at radius 3 is 2.62 bits per heavy atom. The van der Waals surface area contributed by atoms with Gasteiger partial charge in [0.15, 0.2) is 0 Å². The Labute approximate surface area is 141 Å². The molecule has 24 heavy (non-hydrogen) atoms. The van der Waals surface area contributed by atoms with E-state index in [0.717, 1.165) is 28.6 Å². The van der Waals surface area contributed by atoms with Crippen molar-refractivity contribution in [3.8, 4) is 6.19 Å². The van der Waals surface area contributed by atoms with Gasteiger partial charge < -0.3 is 10.6 Å². The van der Waals surface area contributed by atoms with Crippen LogP contribution < -0.4 is 10.6 Å². The molecule has 0 atom stereocenters. The van der Waals surface area contributed by atoms with Gasteiger partial charge in [-0.2, -0.15) is 5.26 Å². The van der Waals surface area contributed by atoms with Gasteiger partial charge in [0.25, 0.3) is 0 Å². The van der Waals surface area contributed by atoms with Crippen LogP contribution in [0.1, 0.15) is 12.5 Å². The second-order valence-corrected chi connectivity index (χ2v) is 5.39. The molecule has 0 aliphatic heterocycles. The summed E-state index contributed by atoms with van der Waals surface area (Å²) < 4.78 is 0. The van der Waals surface area contributed by atoms with Crippen molar-refractivity contribution < 1.29 is 0 Å². The summed E-state index contributed by atoms with van der Waals surface area (Å²) in [5, 5.41) is 17.6. The van der Waals surface area contributed by atoms with Crippen LogP contribution >= 0.6 is 0 Å². The molecule has 118 valence electrons. The van der Waals surface area contributed by atoms with Gasteiger partial charge in [0.05, 0.1) is 0 Å². The van der Waals surface area contributed by atoms with E-state index in [1.54, 1.807) is 0 Å². The lowest BCUT2D eigenvalue weighted by atomic mass is 10.1. The van der Waals surface area contributed by atoms with Crippen molar-refractivity contribution in [1.82, 2.24) is 0 Å². The summed E-state index contributed by atoms with van der Waals surface area (Å²) in [5.41, 5.74) is 3.03. The highest BCUT2D eigenvalue weighted by molar-refractivity contribution is 6.08. The van der Waals surface area contributed by atoms with E-state index >= 15 is 0 Å². The molecule has 0 bridgehead atoms. The first kappa shape index (κ1) is 15.6. The van der Waals surface area contributed by atoms with Crippen LogP contribution in [0.3, 0.4) is 0 Å². The maximum atomic E-state index is 8.99. The fraction of sp³-hybridized carbons (Fsp3) is 0.100. The zero-order valence-electron chi connectivity index (χ0n) is 13.5. The van der Waals surface area contributed by atoms with E-state index in [4.69, 9.17) is 5.26 Å². The molecule has 0 aromatic heterocycles. The van der Waals surface area contributed by atoms with Gasteiger partial charge in [-0.3, -0.25) is 0 Å². The number of fused-ring (bicyclic) bond motifs is 1. The highest BCUT2D eigenvalue weighted by Crippen LogP contribution is 2.23. The zero-order chi connectivity index (χ0) is 16.8. The zero-order valence-corrected chi connectivity index (χ0v) is 13.5. The Kier molecular flexibility index (Phi) is 4.73.